The third kappa shape index (κ3) is 5.72. The fraction of sp³-hybridized carbons (Fsp3) is 0.800. The first kappa shape index (κ1) is 33.9. The molecule has 0 amide bonds. The summed E-state index contributed by atoms with van der Waals surface area (Å²) < 4.78 is 247. The Bertz CT molecular complexity index is 834. The number of hydrogen-bond acceptors (Lipinski definition) is 1. The predicted molar refractivity (Wildman–Crippen MR) is 76.0 cm³/mol. The maximum atomic E-state index is 13.6. The van der Waals surface area contributed by atoms with Crippen LogP contribution in [0.25, 0.3) is 0 Å². The van der Waals surface area contributed by atoms with Crippen LogP contribution in [0.3, 0.4) is 0 Å². The van der Waals surface area contributed by atoms with Gasteiger partial charge in [0.05, 0.1) is 6.42 Å². The zero-order valence-corrected chi connectivity index (χ0v) is 16.4. The Balaban J connectivity index is 6.14. The molecule has 36 heavy (non-hydrogen) atoms. The van der Waals surface area contributed by atoms with Crippen molar-refractivity contribution in [1.82, 2.24) is 0 Å². The van der Waals surface area contributed by atoms with Crippen molar-refractivity contribution in [2.75, 3.05) is 0 Å². The Kier molecular flexibility index (Phi) is 9.07. The summed E-state index contributed by atoms with van der Waals surface area (Å²) in [6.07, 6.45) is -22.1. The van der Waals surface area contributed by atoms with Crippen molar-refractivity contribution in [3.8, 4) is 0 Å². The van der Waals surface area contributed by atoms with Gasteiger partial charge in [-0.3, -0.25) is 0 Å². The second-order valence-corrected chi connectivity index (χ2v) is 6.98. The van der Waals surface area contributed by atoms with Gasteiger partial charge in [0.1, 0.15) is 5.57 Å². The molecule has 214 valence electrons. The molecule has 1 N–H and O–H groups in total. The van der Waals surface area contributed by atoms with Crippen LogP contribution in [0.4, 0.5) is 83.4 Å². The molecule has 21 heteroatoms. The van der Waals surface area contributed by atoms with Crippen LogP contribution < -0.4 is 0 Å². The molecule has 0 atom stereocenters. The molecule has 0 unspecified atom stereocenters. The summed E-state index contributed by atoms with van der Waals surface area (Å²) in [5.74, 6) is -55.4. The molecule has 0 saturated carbocycles. The third-order valence-corrected chi connectivity index (χ3v) is 4.37. The molecule has 0 aliphatic heterocycles. The van der Waals surface area contributed by atoms with Gasteiger partial charge in [0, 0.05) is 6.42 Å². The average Bonchev–Trinajstić information content (AvgIpc) is 2.61. The molecule has 0 fully saturated rings. The number of carbonyl (C=O) groups is 1. The minimum atomic E-state index is -7.98. The van der Waals surface area contributed by atoms with Gasteiger partial charge in [0.15, 0.2) is 0 Å². The van der Waals surface area contributed by atoms with Crippen molar-refractivity contribution in [2.45, 2.75) is 73.3 Å². The standard InChI is InChI=1S/C15H9F19O2/c16-6(17)5(7(35)36)2-1-3-8(18,19)11(24,25)12(26,27)9(20,21)4-10(22,23)13(28,29)14(30,31)15(32,33)34/h1-4H2,(H,35,36). The van der Waals surface area contributed by atoms with Gasteiger partial charge in [-0.1, -0.05) is 0 Å². The molecule has 0 aromatic heterocycles. The number of carboxylic acids is 1. The van der Waals surface area contributed by atoms with E-state index in [4.69, 9.17) is 5.11 Å². The lowest BCUT2D eigenvalue weighted by Gasteiger charge is -2.40. The van der Waals surface area contributed by atoms with E-state index in [1.165, 1.54) is 0 Å². The monoisotopic (exact) mass is 582 g/mol. The van der Waals surface area contributed by atoms with Gasteiger partial charge >= 0.3 is 53.6 Å². The molecule has 2 nitrogen and oxygen atoms in total. The number of carboxylic acid groups (broad SMARTS) is 1. The molecule has 0 radical (unpaired) electrons. The maximum Gasteiger partial charge on any atom is 0.460 e. The highest BCUT2D eigenvalue weighted by Crippen LogP contribution is 2.60. The van der Waals surface area contributed by atoms with Crippen LogP contribution in [0.1, 0.15) is 25.7 Å². The predicted octanol–water partition coefficient (Wildman–Crippen LogP) is 7.79. The van der Waals surface area contributed by atoms with Gasteiger partial charge in [-0.15, -0.1) is 0 Å². The first-order chi connectivity index (χ1) is 15.4. The molecule has 0 rings (SSSR count). The summed E-state index contributed by atoms with van der Waals surface area (Å²) in [7, 11) is 0. The molecule has 0 aliphatic rings. The summed E-state index contributed by atoms with van der Waals surface area (Å²) in [6.45, 7) is 0. The highest BCUT2D eigenvalue weighted by Gasteiger charge is 2.86. The Morgan fingerprint density at radius 1 is 0.556 bits per heavy atom. The van der Waals surface area contributed by atoms with E-state index in [0.717, 1.165) is 0 Å². The van der Waals surface area contributed by atoms with Crippen LogP contribution in [0.5, 0.6) is 0 Å². The van der Waals surface area contributed by atoms with Crippen molar-refractivity contribution < 1.29 is 93.3 Å². The quantitative estimate of drug-likeness (QED) is 0.189. The highest BCUT2D eigenvalue weighted by molar-refractivity contribution is 5.86. The fourth-order valence-corrected chi connectivity index (χ4v) is 2.29. The number of aliphatic carboxylic acids is 1. The molecular formula is C15H9F19O2. The molecule has 0 spiro atoms. The van der Waals surface area contributed by atoms with Crippen molar-refractivity contribution in [3.63, 3.8) is 0 Å². The first-order valence-corrected chi connectivity index (χ1v) is 8.43. The molecular weight excluding hydrogens is 573 g/mol. The molecule has 0 saturated heterocycles. The molecule has 0 bridgehead atoms. The molecule has 0 aromatic carbocycles. The lowest BCUT2D eigenvalue weighted by Crippen LogP contribution is -2.66. The third-order valence-electron chi connectivity index (χ3n) is 4.37. The van der Waals surface area contributed by atoms with E-state index in [2.05, 4.69) is 0 Å². The number of rotatable bonds is 12. The highest BCUT2D eigenvalue weighted by atomic mass is 19.4. The van der Waals surface area contributed by atoms with Crippen LogP contribution in [0.15, 0.2) is 11.7 Å². The van der Waals surface area contributed by atoms with Gasteiger partial charge in [0.25, 0.3) is 6.08 Å². The average molecular weight is 582 g/mol. The van der Waals surface area contributed by atoms with Crippen LogP contribution in [-0.2, 0) is 4.79 Å². The summed E-state index contributed by atoms with van der Waals surface area (Å²) in [5.41, 5.74) is -2.02. The van der Waals surface area contributed by atoms with E-state index in [-0.39, 0.29) is 0 Å². The summed E-state index contributed by atoms with van der Waals surface area (Å²) in [5, 5.41) is 8.30. The Morgan fingerprint density at radius 2 is 0.889 bits per heavy atom. The van der Waals surface area contributed by atoms with Gasteiger partial charge < -0.3 is 5.11 Å². The fourth-order valence-electron chi connectivity index (χ4n) is 2.29. The summed E-state index contributed by atoms with van der Waals surface area (Å²) in [4.78, 5) is 10.4. The normalized spacial score (nSPS) is 15.2. The van der Waals surface area contributed by atoms with Gasteiger partial charge in [-0.25, -0.2) is 4.79 Å². The Labute approximate surface area is 185 Å². The van der Waals surface area contributed by atoms with Crippen molar-refractivity contribution in [2.24, 2.45) is 0 Å². The number of halogens is 19. The summed E-state index contributed by atoms with van der Waals surface area (Å²) >= 11 is 0. The van der Waals surface area contributed by atoms with Crippen molar-refractivity contribution in [3.05, 3.63) is 11.7 Å². The SMILES string of the molecule is O=C(O)C(CCCC(F)(F)C(F)(F)C(F)(F)C(F)(F)CC(F)(F)C(F)(F)C(F)(F)C(F)(F)F)=C(F)F. The minimum Gasteiger partial charge on any atom is -0.478 e. The zero-order chi connectivity index (χ0) is 29.6. The topological polar surface area (TPSA) is 37.3 Å². The van der Waals surface area contributed by atoms with E-state index in [9.17, 15) is 88.2 Å². The van der Waals surface area contributed by atoms with Gasteiger partial charge in [-0.05, 0) is 12.8 Å². The molecule has 0 aliphatic carbocycles. The van der Waals surface area contributed by atoms with Gasteiger partial charge in [-0.2, -0.15) is 83.4 Å². The smallest absolute Gasteiger partial charge is 0.460 e. The van der Waals surface area contributed by atoms with Crippen LogP contribution >= 0.6 is 0 Å². The van der Waals surface area contributed by atoms with E-state index >= 15 is 0 Å². The Morgan fingerprint density at radius 3 is 1.19 bits per heavy atom. The van der Waals surface area contributed by atoms with Crippen LogP contribution in [-0.4, -0.2) is 58.7 Å². The number of hydrogen-bond donors (Lipinski definition) is 1. The van der Waals surface area contributed by atoms with E-state index in [1.807, 2.05) is 0 Å². The minimum absolute atomic E-state index is 1.76. The second-order valence-electron chi connectivity index (χ2n) is 6.98. The van der Waals surface area contributed by atoms with Crippen LogP contribution in [0.2, 0.25) is 0 Å². The maximum absolute atomic E-state index is 13.6. The molecule has 0 aromatic rings. The van der Waals surface area contributed by atoms with E-state index in [0.29, 0.717) is 0 Å². The summed E-state index contributed by atoms with van der Waals surface area (Å²) in [6, 6.07) is 0. The van der Waals surface area contributed by atoms with Crippen LogP contribution in [0, 0.1) is 0 Å². The lowest BCUT2D eigenvalue weighted by atomic mass is 9.89. The first-order valence-electron chi connectivity index (χ1n) is 8.43. The van der Waals surface area contributed by atoms with Crippen molar-refractivity contribution >= 4 is 5.97 Å². The second kappa shape index (κ2) is 9.64. The number of alkyl halides is 17. The largest absolute Gasteiger partial charge is 0.478 e. The zero-order valence-electron chi connectivity index (χ0n) is 16.4. The lowest BCUT2D eigenvalue weighted by molar-refractivity contribution is -0.414. The van der Waals surface area contributed by atoms with Gasteiger partial charge in [0.2, 0.25) is 0 Å². The van der Waals surface area contributed by atoms with E-state index < -0.39 is 90.9 Å². The van der Waals surface area contributed by atoms with E-state index in [1.54, 1.807) is 0 Å². The Hall–Kier alpha value is -2.12. The van der Waals surface area contributed by atoms with Crippen molar-refractivity contribution in [1.29, 1.82) is 0 Å². The molecule has 0 heterocycles.